The van der Waals surface area contributed by atoms with Gasteiger partial charge in [-0.25, -0.2) is 0 Å². The first-order valence-corrected chi connectivity index (χ1v) is 10.7. The van der Waals surface area contributed by atoms with Crippen LogP contribution in [0.2, 0.25) is 0 Å². The molecule has 1 fully saturated rings. The Kier molecular flexibility index (Phi) is 6.45. The summed E-state index contributed by atoms with van der Waals surface area (Å²) >= 11 is 0. The number of nitrogens with zero attached hydrogens (tertiary/aromatic N) is 1. The smallest absolute Gasteiger partial charge is 0.543 e. The van der Waals surface area contributed by atoms with Crippen LogP contribution in [0.4, 0.5) is 0 Å². The number of hydrogen-bond donors (Lipinski definition) is 1. The molecule has 34 heavy (non-hydrogen) atoms. The van der Waals surface area contributed by atoms with Crippen LogP contribution in [0.3, 0.4) is 0 Å². The molecule has 1 aliphatic carbocycles. The molecule has 2 aromatic rings. The van der Waals surface area contributed by atoms with Gasteiger partial charge in [0.15, 0.2) is 5.78 Å². The van der Waals surface area contributed by atoms with E-state index in [1.165, 1.54) is 11.8 Å². The molecule has 0 aromatic heterocycles. The number of ketones is 1. The number of rotatable bonds is 4. The summed E-state index contributed by atoms with van der Waals surface area (Å²) in [6.45, 7) is 3.26. The van der Waals surface area contributed by atoms with E-state index in [1.807, 2.05) is 18.2 Å². The molecule has 0 radical (unpaired) electrons. The van der Waals surface area contributed by atoms with Crippen molar-refractivity contribution in [2.24, 2.45) is 11.8 Å². The van der Waals surface area contributed by atoms with Crippen molar-refractivity contribution >= 4 is 17.7 Å². The second kappa shape index (κ2) is 9.05. The van der Waals surface area contributed by atoms with E-state index in [2.05, 4.69) is 11.8 Å². The molecule has 0 bridgehead atoms. The van der Waals surface area contributed by atoms with Gasteiger partial charge in [-0.1, -0.05) is 55.2 Å². The number of carbonyl (C=O) groups is 3. The Morgan fingerprint density at radius 1 is 1.15 bits per heavy atom. The molecule has 3 aliphatic rings. The molecule has 0 spiro atoms. The average molecular weight is 465 g/mol. The van der Waals surface area contributed by atoms with Crippen molar-refractivity contribution in [3.63, 3.8) is 0 Å². The topological polar surface area (TPSA) is 107 Å². The molecule has 8 heteroatoms. The van der Waals surface area contributed by atoms with Crippen molar-refractivity contribution in [1.29, 1.82) is 0 Å². The fourth-order valence-electron chi connectivity index (χ4n) is 5.12. The normalized spacial score (nSPS) is 22.6. The summed E-state index contributed by atoms with van der Waals surface area (Å²) in [6, 6.07) is 12.1. The van der Waals surface area contributed by atoms with E-state index in [0.717, 1.165) is 11.1 Å². The number of aliphatic hydroxyl groups excluding tert-OH is 1. The van der Waals surface area contributed by atoms with E-state index < -0.39 is 29.9 Å². The summed E-state index contributed by atoms with van der Waals surface area (Å²) in [6.07, 6.45) is -0.884. The predicted molar refractivity (Wildman–Crippen MR) is 116 cm³/mol. The number of amides is 1. The van der Waals surface area contributed by atoms with Crippen LogP contribution >= 0.6 is 0 Å². The standard InChI is InChI=1S/C26H21NO6.Na/c1-13-15(23(26(31)32)27-22(13)20(14(2)28)25(27)30)10-6-12-33-19-11-5-9-18-21(19)16-7-3-4-8-17(16)24(18)29;/h3-5,7-9,11,13-14,20,22,28H,12H2,1-2H3,(H,31,32);/q;+1/p-1/t13-,14?,20?,22?;/m0./s1. The minimum absolute atomic E-state index is 0. The number of aliphatic carboxylic acids is 1. The van der Waals surface area contributed by atoms with Gasteiger partial charge in [-0.15, -0.1) is 0 Å². The zero-order chi connectivity index (χ0) is 23.4. The molecule has 4 atom stereocenters. The van der Waals surface area contributed by atoms with Crippen molar-refractivity contribution in [2.75, 3.05) is 6.61 Å². The summed E-state index contributed by atoms with van der Waals surface area (Å²) < 4.78 is 5.86. The Morgan fingerprint density at radius 3 is 2.50 bits per heavy atom. The third kappa shape index (κ3) is 3.50. The van der Waals surface area contributed by atoms with Gasteiger partial charge in [0, 0.05) is 28.2 Å². The first-order chi connectivity index (χ1) is 15.8. The summed E-state index contributed by atoms with van der Waals surface area (Å²) in [5.74, 6) is 3.24. The molecular weight excluding hydrogens is 445 g/mol. The molecule has 5 rings (SSSR count). The molecule has 1 N–H and O–H groups in total. The number of carbonyl (C=O) groups excluding carboxylic acids is 3. The number of carboxylic acids is 1. The summed E-state index contributed by atoms with van der Waals surface area (Å²) in [7, 11) is 0. The first-order valence-electron chi connectivity index (χ1n) is 10.7. The SMILES string of the molecule is CC(O)C1C(=O)N2C(C(=O)[O-])=C(C#CCOc3cccc4c3-c3ccccc3C4=O)[C@H](C)C12.[Na+]. The Morgan fingerprint density at radius 2 is 1.82 bits per heavy atom. The number of hydrogen-bond acceptors (Lipinski definition) is 6. The Balaban J connectivity index is 0.00000274. The van der Waals surface area contributed by atoms with Gasteiger partial charge in [0.05, 0.1) is 29.7 Å². The monoisotopic (exact) mass is 465 g/mol. The molecule has 2 aliphatic heterocycles. The molecule has 2 aromatic carbocycles. The van der Waals surface area contributed by atoms with Crippen LogP contribution in [0.5, 0.6) is 5.75 Å². The van der Waals surface area contributed by atoms with E-state index >= 15 is 0 Å². The Hall–Kier alpha value is -2.89. The third-order valence-corrected chi connectivity index (χ3v) is 6.60. The molecule has 166 valence electrons. The number of carboxylic acid groups (broad SMARTS) is 1. The van der Waals surface area contributed by atoms with Crippen molar-refractivity contribution in [3.8, 4) is 28.7 Å². The largest absolute Gasteiger partial charge is 1.00 e. The van der Waals surface area contributed by atoms with Gasteiger partial charge in [0.25, 0.3) is 0 Å². The maximum atomic E-state index is 12.6. The van der Waals surface area contributed by atoms with E-state index in [-0.39, 0.29) is 53.6 Å². The van der Waals surface area contributed by atoms with Crippen LogP contribution in [0, 0.1) is 23.7 Å². The zero-order valence-corrected chi connectivity index (χ0v) is 21.0. The van der Waals surface area contributed by atoms with Crippen molar-refractivity contribution in [2.45, 2.75) is 26.0 Å². The van der Waals surface area contributed by atoms with E-state index in [4.69, 9.17) is 4.74 Å². The Bertz CT molecular complexity index is 1320. The van der Waals surface area contributed by atoms with Crippen molar-refractivity contribution in [3.05, 3.63) is 64.9 Å². The molecule has 3 unspecified atom stereocenters. The zero-order valence-electron chi connectivity index (χ0n) is 19.0. The minimum Gasteiger partial charge on any atom is -0.543 e. The second-order valence-corrected chi connectivity index (χ2v) is 8.45. The predicted octanol–water partition coefficient (Wildman–Crippen LogP) is -1.85. The quantitative estimate of drug-likeness (QED) is 0.275. The second-order valence-electron chi connectivity index (χ2n) is 8.45. The number of aliphatic hydroxyl groups is 1. The summed E-state index contributed by atoms with van der Waals surface area (Å²) in [5.41, 5.74) is 2.78. The number of fused-ring (bicyclic) bond motifs is 4. The molecule has 1 amide bonds. The summed E-state index contributed by atoms with van der Waals surface area (Å²) in [4.78, 5) is 37.9. The van der Waals surface area contributed by atoms with E-state index in [1.54, 1.807) is 31.2 Å². The van der Waals surface area contributed by atoms with Crippen LogP contribution in [0.15, 0.2) is 53.7 Å². The van der Waals surface area contributed by atoms with Gasteiger partial charge in [0.2, 0.25) is 5.91 Å². The maximum absolute atomic E-state index is 12.6. The number of β-lactam (4-membered cyclic amide) rings is 1. The van der Waals surface area contributed by atoms with Crippen LogP contribution in [-0.2, 0) is 9.59 Å². The van der Waals surface area contributed by atoms with Gasteiger partial charge in [0.1, 0.15) is 12.4 Å². The third-order valence-electron chi connectivity index (χ3n) is 6.60. The average Bonchev–Trinajstić information content (AvgIpc) is 3.21. The fourth-order valence-corrected chi connectivity index (χ4v) is 5.12. The van der Waals surface area contributed by atoms with Crippen LogP contribution in [0.1, 0.15) is 29.8 Å². The molecule has 2 heterocycles. The van der Waals surface area contributed by atoms with E-state index in [9.17, 15) is 24.6 Å². The van der Waals surface area contributed by atoms with Gasteiger partial charge < -0.3 is 24.6 Å². The van der Waals surface area contributed by atoms with E-state index in [0.29, 0.717) is 22.4 Å². The fraction of sp³-hybridized carbons (Fsp3) is 0.269. The van der Waals surface area contributed by atoms with Gasteiger partial charge in [-0.05, 0) is 18.6 Å². The van der Waals surface area contributed by atoms with Gasteiger partial charge in [-0.2, -0.15) is 0 Å². The van der Waals surface area contributed by atoms with Crippen LogP contribution in [-0.4, -0.2) is 46.4 Å². The van der Waals surface area contributed by atoms with Crippen molar-refractivity contribution < 1.29 is 58.9 Å². The summed E-state index contributed by atoms with van der Waals surface area (Å²) in [5, 5.41) is 21.7. The van der Waals surface area contributed by atoms with Crippen LogP contribution < -0.4 is 39.4 Å². The molecule has 1 saturated heterocycles. The minimum atomic E-state index is -1.47. The molecular formula is C26H20NNaO6. The number of ether oxygens (including phenoxy) is 1. The van der Waals surface area contributed by atoms with Crippen LogP contribution in [0.25, 0.3) is 11.1 Å². The molecule has 0 saturated carbocycles. The van der Waals surface area contributed by atoms with Gasteiger partial charge in [-0.3, -0.25) is 9.59 Å². The Labute approximate surface area is 218 Å². The van der Waals surface area contributed by atoms with Gasteiger partial charge >= 0.3 is 29.6 Å². The first kappa shape index (κ1) is 24.2. The van der Waals surface area contributed by atoms with Crippen molar-refractivity contribution in [1.82, 2.24) is 4.90 Å². The molecule has 7 nitrogen and oxygen atoms in total. The maximum Gasteiger partial charge on any atom is 1.00 e. The number of benzene rings is 2.